The molecule has 5 aliphatic rings. The molecule has 4 aromatic carbocycles. The van der Waals surface area contributed by atoms with Gasteiger partial charge in [-0.05, 0) is 48.5 Å². The molecule has 0 amide bonds. The van der Waals surface area contributed by atoms with E-state index < -0.39 is 0 Å². The Bertz CT molecular complexity index is 1610. The number of thioether (sulfide) groups is 4. The van der Waals surface area contributed by atoms with E-state index in [2.05, 4.69) is 153 Å². The van der Waals surface area contributed by atoms with Crippen molar-refractivity contribution in [3.05, 3.63) is 97.1 Å². The zero-order valence-electron chi connectivity index (χ0n) is 21.6. The molecule has 4 aromatic rings. The van der Waals surface area contributed by atoms with Gasteiger partial charge in [-0.15, -0.1) is 47.0 Å². The summed E-state index contributed by atoms with van der Waals surface area (Å²) in [5, 5.41) is 13.3. The third-order valence-electron chi connectivity index (χ3n) is 8.69. The molecular formula is C32H28N4S4. The molecule has 5 heterocycles. The summed E-state index contributed by atoms with van der Waals surface area (Å²) in [6.45, 7) is 0. The molecule has 7 atom stereocenters. The first-order chi connectivity index (χ1) is 19.8. The predicted molar refractivity (Wildman–Crippen MR) is 174 cm³/mol. The molecule has 0 spiro atoms. The number of fused-ring (bicyclic) bond motifs is 11. The van der Waals surface area contributed by atoms with Gasteiger partial charge < -0.3 is 20.9 Å². The summed E-state index contributed by atoms with van der Waals surface area (Å²) >= 11 is 8.25. The van der Waals surface area contributed by atoms with Crippen molar-refractivity contribution in [2.24, 2.45) is 0 Å². The number of rotatable bonds is 1. The van der Waals surface area contributed by atoms with Crippen LogP contribution < -0.4 is 20.9 Å². The Morgan fingerprint density at radius 1 is 0.550 bits per heavy atom. The van der Waals surface area contributed by atoms with Gasteiger partial charge in [0.2, 0.25) is 0 Å². The highest BCUT2D eigenvalue weighted by Gasteiger charge is 2.58. The highest BCUT2D eigenvalue weighted by molar-refractivity contribution is 8.02. The minimum Gasteiger partial charge on any atom is -0.379 e. The fraction of sp³-hybridized carbons (Fsp3) is 0.250. The van der Waals surface area contributed by atoms with Crippen molar-refractivity contribution in [1.29, 1.82) is 0 Å². The number of piperidine rings is 1. The number of para-hydroxylation sites is 4. The Labute approximate surface area is 251 Å². The summed E-state index contributed by atoms with van der Waals surface area (Å²) < 4.78 is 0. The lowest BCUT2D eigenvalue weighted by atomic mass is 9.87. The van der Waals surface area contributed by atoms with Gasteiger partial charge >= 0.3 is 0 Å². The number of nitrogens with one attached hydrogen (secondary N) is 3. The average molecular weight is 597 g/mol. The zero-order chi connectivity index (χ0) is 26.2. The summed E-state index contributed by atoms with van der Waals surface area (Å²) in [5.41, 5.74) is 5.18. The first-order valence-electron chi connectivity index (χ1n) is 13.9. The standard InChI is InChI=1S/C32H28N4S4/c1-5-13-23-18(9-1)33-21(17-37-23)29-28-30-27(34-19-10-2-6-14-24(19)38-30)31-32(35-20-11-3-7-15-25(20)39-31)36(28)22-12-4-8-16-26(22)40-29/h1-16,21,27-35H,17H2. The first kappa shape index (κ1) is 24.1. The third-order valence-corrected chi connectivity index (χ3v) is 14.2. The van der Waals surface area contributed by atoms with E-state index in [-0.39, 0.29) is 6.17 Å². The molecule has 0 bridgehead atoms. The molecular weight excluding hydrogens is 569 g/mol. The molecule has 1 saturated heterocycles. The van der Waals surface area contributed by atoms with Gasteiger partial charge in [-0.1, -0.05) is 48.5 Å². The van der Waals surface area contributed by atoms with E-state index in [4.69, 9.17) is 0 Å². The molecule has 7 unspecified atom stereocenters. The third kappa shape index (κ3) is 3.72. The number of benzene rings is 4. The van der Waals surface area contributed by atoms with Crippen LogP contribution in [0.3, 0.4) is 0 Å². The van der Waals surface area contributed by atoms with Crippen LogP contribution in [0.15, 0.2) is 117 Å². The van der Waals surface area contributed by atoms with Gasteiger partial charge in [0, 0.05) is 48.4 Å². The Balaban J connectivity index is 1.20. The van der Waals surface area contributed by atoms with Crippen LogP contribution in [-0.4, -0.2) is 45.8 Å². The molecule has 0 saturated carbocycles. The maximum Gasteiger partial charge on any atom is 0.114 e. The lowest BCUT2D eigenvalue weighted by molar-refractivity contribution is 0.369. The van der Waals surface area contributed by atoms with E-state index in [9.17, 15) is 0 Å². The van der Waals surface area contributed by atoms with Crippen LogP contribution in [0.5, 0.6) is 0 Å². The molecule has 3 N–H and O–H groups in total. The van der Waals surface area contributed by atoms with Crippen molar-refractivity contribution in [1.82, 2.24) is 0 Å². The Kier molecular flexibility index (Phi) is 5.73. The number of nitrogens with zero attached hydrogens (tertiary/aromatic N) is 1. The fourth-order valence-corrected chi connectivity index (χ4v) is 12.9. The lowest BCUT2D eigenvalue weighted by Gasteiger charge is -2.61. The van der Waals surface area contributed by atoms with Gasteiger partial charge in [0.15, 0.2) is 0 Å². The molecule has 8 heteroatoms. The molecule has 40 heavy (non-hydrogen) atoms. The molecule has 0 radical (unpaired) electrons. The normalized spacial score (nSPS) is 30.8. The smallest absolute Gasteiger partial charge is 0.114 e. The van der Waals surface area contributed by atoms with E-state index in [0.717, 1.165) is 5.75 Å². The largest absolute Gasteiger partial charge is 0.379 e. The van der Waals surface area contributed by atoms with Crippen LogP contribution in [-0.2, 0) is 0 Å². The molecule has 0 aliphatic carbocycles. The second-order valence-electron chi connectivity index (χ2n) is 10.9. The molecule has 200 valence electrons. The SMILES string of the molecule is c1ccc2c(c1)NC(C1Sc3ccccc3N3C4Nc5ccccc5SC4C4Nc5ccccc5SC4C13)CS2. The van der Waals surface area contributed by atoms with Gasteiger partial charge in [0.05, 0.1) is 33.5 Å². The average Bonchev–Trinajstić information content (AvgIpc) is 3.02. The lowest BCUT2D eigenvalue weighted by Crippen LogP contribution is -2.74. The Hall–Kier alpha value is -2.52. The van der Waals surface area contributed by atoms with E-state index in [1.165, 1.54) is 42.3 Å². The number of hydrogen-bond donors (Lipinski definition) is 3. The van der Waals surface area contributed by atoms with E-state index in [0.29, 0.717) is 33.9 Å². The summed E-state index contributed by atoms with van der Waals surface area (Å²) in [6, 6.07) is 36.7. The Morgan fingerprint density at radius 3 is 1.90 bits per heavy atom. The first-order valence-corrected chi connectivity index (χ1v) is 17.5. The van der Waals surface area contributed by atoms with Crippen molar-refractivity contribution in [3.8, 4) is 0 Å². The van der Waals surface area contributed by atoms with Crippen molar-refractivity contribution < 1.29 is 0 Å². The van der Waals surface area contributed by atoms with E-state index >= 15 is 0 Å². The topological polar surface area (TPSA) is 39.3 Å². The van der Waals surface area contributed by atoms with Gasteiger partial charge in [0.1, 0.15) is 6.17 Å². The summed E-state index contributed by atoms with van der Waals surface area (Å²) in [6.07, 6.45) is 0.192. The van der Waals surface area contributed by atoms with E-state index in [1.807, 2.05) is 11.8 Å². The highest BCUT2D eigenvalue weighted by atomic mass is 32.2. The number of anilines is 4. The van der Waals surface area contributed by atoms with Gasteiger partial charge in [-0.25, -0.2) is 0 Å². The monoisotopic (exact) mass is 596 g/mol. The quantitative estimate of drug-likeness (QED) is 0.206. The van der Waals surface area contributed by atoms with E-state index in [1.54, 1.807) is 0 Å². The second kappa shape index (κ2) is 9.51. The minimum atomic E-state index is 0.192. The van der Waals surface area contributed by atoms with Gasteiger partial charge in [-0.3, -0.25) is 0 Å². The van der Waals surface area contributed by atoms with Gasteiger partial charge in [-0.2, -0.15) is 0 Å². The van der Waals surface area contributed by atoms with Crippen LogP contribution >= 0.6 is 47.0 Å². The second-order valence-corrected chi connectivity index (χ2v) is 15.6. The van der Waals surface area contributed by atoms with Crippen LogP contribution in [0.4, 0.5) is 22.7 Å². The summed E-state index contributed by atoms with van der Waals surface area (Å²) in [4.78, 5) is 8.27. The van der Waals surface area contributed by atoms with Crippen LogP contribution in [0.2, 0.25) is 0 Å². The summed E-state index contributed by atoms with van der Waals surface area (Å²) in [7, 11) is 0. The van der Waals surface area contributed by atoms with Gasteiger partial charge in [0.25, 0.3) is 0 Å². The molecule has 4 nitrogen and oxygen atoms in total. The van der Waals surface area contributed by atoms with Crippen molar-refractivity contribution in [2.75, 3.05) is 26.6 Å². The molecule has 1 fully saturated rings. The summed E-state index contributed by atoms with van der Waals surface area (Å²) in [5.74, 6) is 1.08. The fourth-order valence-electron chi connectivity index (χ4n) is 6.98. The van der Waals surface area contributed by atoms with Crippen LogP contribution in [0.25, 0.3) is 0 Å². The maximum absolute atomic E-state index is 4.08. The van der Waals surface area contributed by atoms with Crippen molar-refractivity contribution >= 4 is 69.8 Å². The van der Waals surface area contributed by atoms with Crippen LogP contribution in [0, 0.1) is 0 Å². The predicted octanol–water partition coefficient (Wildman–Crippen LogP) is 7.80. The number of hydrogen-bond acceptors (Lipinski definition) is 8. The minimum absolute atomic E-state index is 0.192. The molecule has 0 aromatic heterocycles. The van der Waals surface area contributed by atoms with Crippen molar-refractivity contribution in [3.63, 3.8) is 0 Å². The maximum atomic E-state index is 4.08. The highest BCUT2D eigenvalue weighted by Crippen LogP contribution is 2.57. The molecule has 5 aliphatic heterocycles. The molecule has 9 rings (SSSR count). The van der Waals surface area contributed by atoms with Crippen LogP contribution in [0.1, 0.15) is 0 Å². The van der Waals surface area contributed by atoms with Crippen molar-refractivity contribution in [2.45, 2.75) is 59.6 Å². The zero-order valence-corrected chi connectivity index (χ0v) is 24.8. The Morgan fingerprint density at radius 2 is 1.12 bits per heavy atom.